The topological polar surface area (TPSA) is 50.9 Å². The summed E-state index contributed by atoms with van der Waals surface area (Å²) < 4.78 is 1.72. The lowest BCUT2D eigenvalue weighted by Crippen LogP contribution is -1.99. The minimum atomic E-state index is 0.563. The number of nitrogen functional groups attached to an aromatic ring is 1. The molecule has 3 N–H and O–H groups in total. The van der Waals surface area contributed by atoms with Crippen LogP contribution in [0.2, 0.25) is 5.02 Å². The predicted molar refractivity (Wildman–Crippen MR) is 83.5 cm³/mol. The van der Waals surface area contributed by atoms with Crippen LogP contribution in [0, 0.1) is 6.92 Å². The van der Waals surface area contributed by atoms with Crippen LogP contribution in [-0.4, -0.2) is 4.98 Å². The van der Waals surface area contributed by atoms with E-state index in [4.69, 9.17) is 17.3 Å². The third-order valence-electron chi connectivity index (χ3n) is 2.44. The van der Waals surface area contributed by atoms with Crippen LogP contribution in [0.5, 0.6) is 0 Å². The monoisotopic (exact) mass is 389 g/mol. The van der Waals surface area contributed by atoms with Crippen LogP contribution in [0.3, 0.4) is 0 Å². The number of hydrogen-bond donors (Lipinski definition) is 2. The average molecular weight is 391 g/mol. The Morgan fingerprint density at radius 2 is 1.94 bits per heavy atom. The number of nitrogens with zero attached hydrogens (tertiary/aromatic N) is 1. The zero-order chi connectivity index (χ0) is 13.3. The third kappa shape index (κ3) is 2.79. The van der Waals surface area contributed by atoms with Crippen LogP contribution >= 0.6 is 43.5 Å². The first-order valence-corrected chi connectivity index (χ1v) is 7.07. The Hall–Kier alpha value is -0.780. The fourth-order valence-electron chi connectivity index (χ4n) is 1.46. The fraction of sp³-hybridized carbons (Fsp3) is 0.0833. The molecule has 2 rings (SSSR count). The molecule has 0 amide bonds. The third-order valence-corrected chi connectivity index (χ3v) is 4.10. The van der Waals surface area contributed by atoms with E-state index in [-0.39, 0.29) is 0 Å². The molecule has 0 aliphatic rings. The standard InChI is InChI=1S/C12H10Br2ClN3/c1-6-2-7(13)11(3-9(6)15)18-12-8(14)4-17-5-10(12)16/h2-5H,16H2,1H3,(H,17,18). The molecule has 0 saturated heterocycles. The van der Waals surface area contributed by atoms with Gasteiger partial charge < -0.3 is 11.1 Å². The number of nitrogens with one attached hydrogen (secondary N) is 1. The van der Waals surface area contributed by atoms with Gasteiger partial charge in [-0.25, -0.2) is 0 Å². The Morgan fingerprint density at radius 3 is 2.61 bits per heavy atom. The maximum atomic E-state index is 6.12. The van der Waals surface area contributed by atoms with Gasteiger partial charge in [-0.2, -0.15) is 0 Å². The highest BCUT2D eigenvalue weighted by Crippen LogP contribution is 2.35. The molecule has 1 heterocycles. The van der Waals surface area contributed by atoms with E-state index in [0.717, 1.165) is 25.9 Å². The summed E-state index contributed by atoms with van der Waals surface area (Å²) in [5.74, 6) is 0. The summed E-state index contributed by atoms with van der Waals surface area (Å²) in [7, 11) is 0. The number of rotatable bonds is 2. The molecule has 0 bridgehead atoms. The zero-order valence-electron chi connectivity index (χ0n) is 9.47. The molecule has 2 aromatic rings. The smallest absolute Gasteiger partial charge is 0.0794 e. The van der Waals surface area contributed by atoms with Crippen molar-refractivity contribution in [3.63, 3.8) is 0 Å². The van der Waals surface area contributed by atoms with Crippen molar-refractivity contribution in [1.29, 1.82) is 0 Å². The fourth-order valence-corrected chi connectivity index (χ4v) is 2.63. The number of pyridine rings is 1. The van der Waals surface area contributed by atoms with Crippen LogP contribution in [0.4, 0.5) is 17.1 Å². The molecule has 94 valence electrons. The lowest BCUT2D eigenvalue weighted by molar-refractivity contribution is 1.30. The second-order valence-electron chi connectivity index (χ2n) is 3.79. The van der Waals surface area contributed by atoms with Crippen molar-refractivity contribution in [3.05, 3.63) is 44.1 Å². The van der Waals surface area contributed by atoms with Gasteiger partial charge in [-0.15, -0.1) is 0 Å². The summed E-state index contributed by atoms with van der Waals surface area (Å²) in [5, 5.41) is 3.93. The summed E-state index contributed by atoms with van der Waals surface area (Å²) >= 11 is 13.0. The average Bonchev–Trinajstić information content (AvgIpc) is 2.30. The van der Waals surface area contributed by atoms with Gasteiger partial charge in [0.25, 0.3) is 0 Å². The summed E-state index contributed by atoms with van der Waals surface area (Å²) in [6.07, 6.45) is 3.28. The second-order valence-corrected chi connectivity index (χ2v) is 5.91. The van der Waals surface area contributed by atoms with Crippen LogP contribution in [-0.2, 0) is 0 Å². The number of anilines is 3. The van der Waals surface area contributed by atoms with E-state index < -0.39 is 0 Å². The van der Waals surface area contributed by atoms with Gasteiger partial charge in [0.2, 0.25) is 0 Å². The lowest BCUT2D eigenvalue weighted by atomic mass is 10.2. The summed E-state index contributed by atoms with van der Waals surface area (Å²) in [4.78, 5) is 3.99. The van der Waals surface area contributed by atoms with Crippen molar-refractivity contribution in [3.8, 4) is 0 Å². The molecular formula is C12H10Br2ClN3. The van der Waals surface area contributed by atoms with Crippen LogP contribution in [0.25, 0.3) is 0 Å². The zero-order valence-corrected chi connectivity index (χ0v) is 13.4. The number of benzene rings is 1. The van der Waals surface area contributed by atoms with Gasteiger partial charge in [-0.05, 0) is 56.5 Å². The molecule has 0 unspecified atom stereocenters. The number of aromatic nitrogens is 1. The Kier molecular flexibility index (Phi) is 4.14. The van der Waals surface area contributed by atoms with E-state index in [9.17, 15) is 0 Å². The summed E-state index contributed by atoms with van der Waals surface area (Å²) in [6.45, 7) is 1.95. The molecule has 18 heavy (non-hydrogen) atoms. The number of aryl methyl sites for hydroxylation is 1. The maximum Gasteiger partial charge on any atom is 0.0794 e. The van der Waals surface area contributed by atoms with Crippen molar-refractivity contribution in [1.82, 2.24) is 4.98 Å². The number of nitrogens with two attached hydrogens (primary N) is 1. The number of halogens is 3. The van der Waals surface area contributed by atoms with Gasteiger partial charge in [0.15, 0.2) is 0 Å². The molecule has 3 nitrogen and oxygen atoms in total. The summed E-state index contributed by atoms with van der Waals surface area (Å²) in [5.41, 5.74) is 9.08. The molecule has 1 aromatic heterocycles. The lowest BCUT2D eigenvalue weighted by Gasteiger charge is -2.13. The molecule has 0 saturated carbocycles. The van der Waals surface area contributed by atoms with Crippen molar-refractivity contribution in [2.24, 2.45) is 0 Å². The Labute approximate surface area is 127 Å². The Balaban J connectivity index is 2.43. The normalized spacial score (nSPS) is 10.4. The molecule has 0 aliphatic carbocycles. The molecule has 0 aliphatic heterocycles. The Bertz CT molecular complexity index is 582. The molecule has 0 spiro atoms. The highest BCUT2D eigenvalue weighted by Gasteiger charge is 2.09. The first-order valence-electron chi connectivity index (χ1n) is 5.10. The molecule has 1 aromatic carbocycles. The number of hydrogen-bond acceptors (Lipinski definition) is 3. The molecule has 0 fully saturated rings. The quantitative estimate of drug-likeness (QED) is 0.766. The van der Waals surface area contributed by atoms with Gasteiger partial charge in [-0.1, -0.05) is 11.6 Å². The predicted octanol–water partition coefficient (Wildman–Crippen LogP) is 4.89. The van der Waals surface area contributed by atoms with Crippen molar-refractivity contribution in [2.75, 3.05) is 11.1 Å². The molecule has 0 radical (unpaired) electrons. The Morgan fingerprint density at radius 1 is 1.22 bits per heavy atom. The molecule has 6 heteroatoms. The minimum absolute atomic E-state index is 0.563. The van der Waals surface area contributed by atoms with Crippen LogP contribution in [0.1, 0.15) is 5.56 Å². The van der Waals surface area contributed by atoms with Gasteiger partial charge in [-0.3, -0.25) is 4.98 Å². The first kappa shape index (κ1) is 13.6. The van der Waals surface area contributed by atoms with Gasteiger partial charge in [0.1, 0.15) is 0 Å². The van der Waals surface area contributed by atoms with E-state index >= 15 is 0 Å². The van der Waals surface area contributed by atoms with Crippen LogP contribution < -0.4 is 11.1 Å². The van der Waals surface area contributed by atoms with Crippen molar-refractivity contribution >= 4 is 60.5 Å². The van der Waals surface area contributed by atoms with Crippen LogP contribution in [0.15, 0.2) is 33.5 Å². The highest BCUT2D eigenvalue weighted by atomic mass is 79.9. The van der Waals surface area contributed by atoms with Crippen molar-refractivity contribution < 1.29 is 0 Å². The van der Waals surface area contributed by atoms with Gasteiger partial charge >= 0.3 is 0 Å². The second kappa shape index (κ2) is 5.47. The first-order chi connectivity index (χ1) is 8.49. The van der Waals surface area contributed by atoms with E-state index in [2.05, 4.69) is 42.2 Å². The summed E-state index contributed by atoms with van der Waals surface area (Å²) in [6, 6.07) is 3.81. The van der Waals surface area contributed by atoms with E-state index in [1.54, 1.807) is 12.4 Å². The largest absolute Gasteiger partial charge is 0.396 e. The SMILES string of the molecule is Cc1cc(Br)c(Nc2c(N)cncc2Br)cc1Cl. The van der Waals surface area contributed by atoms with E-state index in [1.165, 1.54) is 0 Å². The molecular weight excluding hydrogens is 381 g/mol. The molecule has 0 atom stereocenters. The van der Waals surface area contributed by atoms with E-state index in [1.807, 2.05) is 19.1 Å². The van der Waals surface area contributed by atoms with E-state index in [0.29, 0.717) is 10.7 Å². The van der Waals surface area contributed by atoms with Gasteiger partial charge in [0.05, 0.1) is 27.7 Å². The van der Waals surface area contributed by atoms with Crippen molar-refractivity contribution in [2.45, 2.75) is 6.92 Å². The maximum absolute atomic E-state index is 6.12. The minimum Gasteiger partial charge on any atom is -0.396 e. The van der Waals surface area contributed by atoms with Gasteiger partial charge in [0, 0.05) is 15.7 Å². The highest BCUT2D eigenvalue weighted by molar-refractivity contribution is 9.11.